The van der Waals surface area contributed by atoms with E-state index in [1.54, 1.807) is 0 Å². The van der Waals surface area contributed by atoms with Gasteiger partial charge in [0.25, 0.3) is 0 Å². The predicted octanol–water partition coefficient (Wildman–Crippen LogP) is 4.22. The average molecular weight is 359 g/mol. The van der Waals surface area contributed by atoms with E-state index < -0.39 is 6.09 Å². The van der Waals surface area contributed by atoms with Gasteiger partial charge in [-0.15, -0.1) is 0 Å². The highest BCUT2D eigenvalue weighted by atomic mass is 16.5. The highest BCUT2D eigenvalue weighted by Gasteiger charge is 2.28. The minimum absolute atomic E-state index is 0.0490. The van der Waals surface area contributed by atoms with Crippen LogP contribution in [0, 0.1) is 0 Å². The standard InChI is InChI=1S/C23H21NO3/c25-14-17-8-2-1-7-16(17)13-24-23(26)27-15-22-20-11-5-3-9-18(20)19-10-4-6-12-21(19)22/h1-12,22,25H,13-15H2,(H,24,26). The zero-order valence-electron chi connectivity index (χ0n) is 14.9. The van der Waals surface area contributed by atoms with Crippen LogP contribution in [0.1, 0.15) is 28.2 Å². The molecule has 0 unspecified atom stereocenters. The van der Waals surface area contributed by atoms with Gasteiger partial charge in [-0.25, -0.2) is 4.79 Å². The van der Waals surface area contributed by atoms with Gasteiger partial charge >= 0.3 is 6.09 Å². The number of fused-ring (bicyclic) bond motifs is 3. The summed E-state index contributed by atoms with van der Waals surface area (Å²) in [5.74, 6) is 0.0490. The minimum Gasteiger partial charge on any atom is -0.449 e. The van der Waals surface area contributed by atoms with Crippen molar-refractivity contribution in [1.82, 2.24) is 5.32 Å². The molecule has 3 aromatic rings. The summed E-state index contributed by atoms with van der Waals surface area (Å²) < 4.78 is 5.52. The van der Waals surface area contributed by atoms with E-state index >= 15 is 0 Å². The fourth-order valence-electron chi connectivity index (χ4n) is 3.70. The second-order valence-electron chi connectivity index (χ2n) is 6.61. The van der Waals surface area contributed by atoms with Gasteiger partial charge in [-0.3, -0.25) is 0 Å². The Bertz CT molecular complexity index is 922. The summed E-state index contributed by atoms with van der Waals surface area (Å²) in [5, 5.41) is 12.1. The number of aliphatic hydroxyl groups is 1. The largest absolute Gasteiger partial charge is 0.449 e. The molecule has 0 saturated heterocycles. The molecule has 0 aromatic heterocycles. The Kier molecular flexibility index (Phi) is 4.90. The van der Waals surface area contributed by atoms with Crippen molar-refractivity contribution >= 4 is 6.09 Å². The van der Waals surface area contributed by atoms with Crippen LogP contribution >= 0.6 is 0 Å². The number of hydrogen-bond acceptors (Lipinski definition) is 3. The summed E-state index contributed by atoms with van der Waals surface area (Å²) in [6, 6.07) is 24.0. The lowest BCUT2D eigenvalue weighted by Crippen LogP contribution is -2.26. The number of alkyl carbamates (subject to hydrolysis) is 1. The molecule has 4 heteroatoms. The second kappa shape index (κ2) is 7.64. The Morgan fingerprint density at radius 2 is 1.41 bits per heavy atom. The van der Waals surface area contributed by atoms with Gasteiger partial charge in [-0.05, 0) is 33.4 Å². The molecule has 0 heterocycles. The molecule has 2 N–H and O–H groups in total. The third-order valence-corrected chi connectivity index (χ3v) is 5.06. The van der Waals surface area contributed by atoms with Crippen LogP contribution in [0.3, 0.4) is 0 Å². The molecule has 0 aliphatic heterocycles. The normalized spacial score (nSPS) is 12.3. The van der Waals surface area contributed by atoms with Crippen LogP contribution in [0.5, 0.6) is 0 Å². The first-order valence-corrected chi connectivity index (χ1v) is 9.04. The lowest BCUT2D eigenvalue weighted by molar-refractivity contribution is 0.142. The van der Waals surface area contributed by atoms with E-state index in [0.717, 1.165) is 11.1 Å². The summed E-state index contributed by atoms with van der Waals surface area (Å²) >= 11 is 0. The molecule has 4 rings (SSSR count). The maximum atomic E-state index is 12.2. The number of aliphatic hydroxyl groups excluding tert-OH is 1. The van der Waals surface area contributed by atoms with Gasteiger partial charge in [0.05, 0.1) is 6.61 Å². The molecular formula is C23H21NO3. The molecule has 0 spiro atoms. The van der Waals surface area contributed by atoms with Crippen molar-refractivity contribution in [1.29, 1.82) is 0 Å². The molecule has 0 fully saturated rings. The number of carbonyl (C=O) groups excluding carboxylic acids is 1. The van der Waals surface area contributed by atoms with E-state index in [1.165, 1.54) is 22.3 Å². The van der Waals surface area contributed by atoms with Crippen LogP contribution in [-0.4, -0.2) is 17.8 Å². The monoisotopic (exact) mass is 359 g/mol. The van der Waals surface area contributed by atoms with Crippen LogP contribution in [0.15, 0.2) is 72.8 Å². The van der Waals surface area contributed by atoms with Gasteiger partial charge in [0.15, 0.2) is 0 Å². The lowest BCUT2D eigenvalue weighted by atomic mass is 9.98. The van der Waals surface area contributed by atoms with E-state index in [9.17, 15) is 9.90 Å². The Hall–Kier alpha value is -3.11. The number of carbonyl (C=O) groups is 1. The third-order valence-electron chi connectivity index (χ3n) is 5.06. The van der Waals surface area contributed by atoms with Crippen molar-refractivity contribution in [2.45, 2.75) is 19.1 Å². The molecule has 0 radical (unpaired) electrons. The lowest BCUT2D eigenvalue weighted by Gasteiger charge is -2.15. The van der Waals surface area contributed by atoms with Crippen molar-refractivity contribution in [3.05, 3.63) is 95.1 Å². The van der Waals surface area contributed by atoms with Crippen molar-refractivity contribution in [3.63, 3.8) is 0 Å². The molecule has 4 nitrogen and oxygen atoms in total. The Labute approximate surface area is 158 Å². The predicted molar refractivity (Wildman–Crippen MR) is 104 cm³/mol. The number of nitrogens with one attached hydrogen (secondary N) is 1. The van der Waals surface area contributed by atoms with Crippen LogP contribution in [0.4, 0.5) is 4.79 Å². The summed E-state index contributed by atoms with van der Waals surface area (Å²) in [6.45, 7) is 0.567. The van der Waals surface area contributed by atoms with Gasteiger partial charge < -0.3 is 15.2 Å². The van der Waals surface area contributed by atoms with Crippen LogP contribution in [0.25, 0.3) is 11.1 Å². The Morgan fingerprint density at radius 1 is 0.852 bits per heavy atom. The van der Waals surface area contributed by atoms with E-state index in [0.29, 0.717) is 13.2 Å². The topological polar surface area (TPSA) is 58.6 Å². The summed E-state index contributed by atoms with van der Waals surface area (Å²) in [6.07, 6.45) is -0.454. The molecule has 136 valence electrons. The van der Waals surface area contributed by atoms with Gasteiger partial charge in [-0.2, -0.15) is 0 Å². The maximum absolute atomic E-state index is 12.2. The highest BCUT2D eigenvalue weighted by molar-refractivity contribution is 5.79. The van der Waals surface area contributed by atoms with Crippen molar-refractivity contribution in [2.24, 2.45) is 0 Å². The van der Waals surface area contributed by atoms with Crippen LogP contribution in [0.2, 0.25) is 0 Å². The smallest absolute Gasteiger partial charge is 0.407 e. The van der Waals surface area contributed by atoms with Crippen LogP contribution < -0.4 is 5.32 Å². The van der Waals surface area contributed by atoms with Gasteiger partial charge in [0.2, 0.25) is 0 Å². The molecule has 1 aliphatic rings. The highest BCUT2D eigenvalue weighted by Crippen LogP contribution is 2.44. The first-order chi connectivity index (χ1) is 13.3. The minimum atomic E-state index is -0.454. The Balaban J connectivity index is 1.42. The molecule has 1 amide bonds. The average Bonchev–Trinajstić information content (AvgIpc) is 3.05. The number of hydrogen-bond donors (Lipinski definition) is 2. The van der Waals surface area contributed by atoms with Gasteiger partial charge in [-0.1, -0.05) is 72.8 Å². The zero-order chi connectivity index (χ0) is 18.6. The number of benzene rings is 3. The summed E-state index contributed by atoms with van der Waals surface area (Å²) in [7, 11) is 0. The summed E-state index contributed by atoms with van der Waals surface area (Å²) in [4.78, 5) is 12.2. The van der Waals surface area contributed by atoms with Crippen molar-refractivity contribution in [3.8, 4) is 11.1 Å². The molecule has 27 heavy (non-hydrogen) atoms. The van der Waals surface area contributed by atoms with Crippen LogP contribution in [-0.2, 0) is 17.9 Å². The number of rotatable bonds is 5. The van der Waals surface area contributed by atoms with Gasteiger partial charge in [0, 0.05) is 12.5 Å². The fraction of sp³-hybridized carbons (Fsp3) is 0.174. The zero-order valence-corrected chi connectivity index (χ0v) is 14.9. The third kappa shape index (κ3) is 3.44. The Morgan fingerprint density at radius 3 is 2.04 bits per heavy atom. The molecule has 0 saturated carbocycles. The van der Waals surface area contributed by atoms with Crippen molar-refractivity contribution in [2.75, 3.05) is 6.61 Å². The molecular weight excluding hydrogens is 338 g/mol. The van der Waals surface area contributed by atoms with E-state index in [4.69, 9.17) is 4.74 Å². The second-order valence-corrected chi connectivity index (χ2v) is 6.61. The number of ether oxygens (including phenoxy) is 1. The molecule has 0 bridgehead atoms. The van der Waals surface area contributed by atoms with E-state index in [1.807, 2.05) is 48.5 Å². The number of amides is 1. The SMILES string of the molecule is O=C(NCc1ccccc1CO)OCC1c2ccccc2-c2ccccc21. The maximum Gasteiger partial charge on any atom is 0.407 e. The molecule has 0 atom stereocenters. The van der Waals surface area contributed by atoms with E-state index in [-0.39, 0.29) is 12.5 Å². The van der Waals surface area contributed by atoms with Gasteiger partial charge in [0.1, 0.15) is 6.61 Å². The summed E-state index contributed by atoms with van der Waals surface area (Å²) in [5.41, 5.74) is 6.48. The van der Waals surface area contributed by atoms with E-state index in [2.05, 4.69) is 29.6 Å². The fourth-order valence-corrected chi connectivity index (χ4v) is 3.70. The molecule has 3 aromatic carbocycles. The molecule has 1 aliphatic carbocycles. The first kappa shape index (κ1) is 17.3. The van der Waals surface area contributed by atoms with Crippen molar-refractivity contribution < 1.29 is 14.6 Å². The quantitative estimate of drug-likeness (QED) is 0.717. The first-order valence-electron chi connectivity index (χ1n) is 9.04.